The zero-order valence-electron chi connectivity index (χ0n) is 22.4. The zero-order valence-corrected chi connectivity index (χ0v) is 23.2. The van der Waals surface area contributed by atoms with Gasteiger partial charge in [-0.2, -0.15) is 0 Å². The van der Waals surface area contributed by atoms with E-state index < -0.39 is 27.7 Å². The molecule has 2 aliphatic rings. The van der Waals surface area contributed by atoms with Crippen LogP contribution in [0.15, 0.2) is 47.1 Å². The van der Waals surface area contributed by atoms with Crippen LogP contribution in [-0.4, -0.2) is 39.3 Å². The molecule has 0 fully saturated rings. The van der Waals surface area contributed by atoms with Crippen LogP contribution in [0, 0.1) is 0 Å². The monoisotopic (exact) mass is 559 g/mol. The summed E-state index contributed by atoms with van der Waals surface area (Å²) in [6.07, 6.45) is 5.34. The summed E-state index contributed by atoms with van der Waals surface area (Å²) in [6, 6.07) is 6.82. The largest absolute Gasteiger partial charge is 0.489 e. The number of benzene rings is 2. The number of nitrogens with one attached hydrogen (secondary N) is 3. The van der Waals surface area contributed by atoms with Crippen molar-refractivity contribution in [1.29, 1.82) is 0 Å². The molecule has 0 bridgehead atoms. The normalized spacial score (nSPS) is 14.8. The second-order valence-electron chi connectivity index (χ2n) is 10.7. The second kappa shape index (κ2) is 11.6. The van der Waals surface area contributed by atoms with E-state index in [1.807, 2.05) is 0 Å². The Hall–Kier alpha value is -3.60. The van der Waals surface area contributed by atoms with Gasteiger partial charge in [-0.1, -0.05) is 6.07 Å². The van der Waals surface area contributed by atoms with Crippen LogP contribution in [0.3, 0.4) is 0 Å². The Balaban J connectivity index is 1.33. The summed E-state index contributed by atoms with van der Waals surface area (Å²) < 4.78 is 51.6. The van der Waals surface area contributed by atoms with Crippen LogP contribution >= 0.6 is 0 Å². The number of ether oxygens (including phenoxy) is 2. The topological polar surface area (TPSA) is 123 Å². The fourth-order valence-corrected chi connectivity index (χ4v) is 5.71. The number of rotatable bonds is 8. The van der Waals surface area contributed by atoms with Crippen LogP contribution in [0.5, 0.6) is 5.75 Å². The van der Waals surface area contributed by atoms with Crippen molar-refractivity contribution in [3.63, 3.8) is 0 Å². The molecule has 0 spiro atoms. The molecule has 0 saturated carbocycles. The van der Waals surface area contributed by atoms with Gasteiger partial charge in [0.15, 0.2) is 0 Å². The standard InChI is InChI=1S/C28H34FN3O6S/c1-28(2,3)38-27(34)30-16-18(15-29)17-37-21-10-12-22(13-11-21)39(35,36)32-26(33)31-25-23-8-4-6-19(23)14-20-7-5-9-24(20)25/h10-15H,4-9,16-17H2,1-3H3,(H,30,34)(H2,31,32,33). The van der Waals surface area contributed by atoms with Gasteiger partial charge in [-0.15, -0.1) is 0 Å². The Morgan fingerprint density at radius 2 is 1.62 bits per heavy atom. The average Bonchev–Trinajstić information content (AvgIpc) is 3.52. The molecule has 0 heterocycles. The zero-order chi connectivity index (χ0) is 28.2. The van der Waals surface area contributed by atoms with Crippen LogP contribution in [0.2, 0.25) is 0 Å². The lowest BCUT2D eigenvalue weighted by atomic mass is 9.99. The van der Waals surface area contributed by atoms with Crippen molar-refractivity contribution in [2.45, 2.75) is 69.8 Å². The molecule has 210 valence electrons. The summed E-state index contributed by atoms with van der Waals surface area (Å²) in [5, 5.41) is 5.26. The first-order chi connectivity index (χ1) is 18.4. The highest BCUT2D eigenvalue weighted by atomic mass is 32.2. The lowest BCUT2D eigenvalue weighted by molar-refractivity contribution is 0.0531. The van der Waals surface area contributed by atoms with E-state index in [4.69, 9.17) is 9.47 Å². The number of amides is 3. The first kappa shape index (κ1) is 28.4. The van der Waals surface area contributed by atoms with Crippen molar-refractivity contribution < 1.29 is 31.9 Å². The number of anilines is 1. The molecular formula is C28H34FN3O6S. The molecule has 9 nitrogen and oxygen atoms in total. The maximum absolute atomic E-state index is 13.2. The number of aryl methyl sites for hydroxylation is 2. The van der Waals surface area contributed by atoms with Crippen molar-refractivity contribution in [2.24, 2.45) is 0 Å². The van der Waals surface area contributed by atoms with Gasteiger partial charge in [-0.05, 0) is 106 Å². The molecule has 2 aromatic carbocycles. The lowest BCUT2D eigenvalue weighted by Gasteiger charge is -2.20. The van der Waals surface area contributed by atoms with Crippen LogP contribution < -0.4 is 20.1 Å². The minimum Gasteiger partial charge on any atom is -0.489 e. The first-order valence-electron chi connectivity index (χ1n) is 12.9. The molecule has 0 radical (unpaired) electrons. The van der Waals surface area contributed by atoms with Crippen molar-refractivity contribution in [2.75, 3.05) is 18.5 Å². The van der Waals surface area contributed by atoms with E-state index in [-0.39, 0.29) is 29.4 Å². The summed E-state index contributed by atoms with van der Waals surface area (Å²) in [4.78, 5) is 24.4. The lowest BCUT2D eigenvalue weighted by Crippen LogP contribution is -2.35. The Kier molecular flexibility index (Phi) is 8.48. The average molecular weight is 560 g/mol. The first-order valence-corrected chi connectivity index (χ1v) is 14.4. The van der Waals surface area contributed by atoms with E-state index in [0.717, 1.165) is 55.3 Å². The molecule has 0 atom stereocenters. The van der Waals surface area contributed by atoms with Crippen molar-refractivity contribution in [3.05, 3.63) is 64.5 Å². The number of fused-ring (bicyclic) bond motifs is 2. The second-order valence-corrected chi connectivity index (χ2v) is 12.4. The quantitative estimate of drug-likeness (QED) is 0.422. The van der Waals surface area contributed by atoms with Crippen LogP contribution in [0.4, 0.5) is 19.7 Å². The van der Waals surface area contributed by atoms with Gasteiger partial charge in [0.2, 0.25) is 0 Å². The molecule has 11 heteroatoms. The fraction of sp³-hybridized carbons (Fsp3) is 0.429. The third kappa shape index (κ3) is 7.29. The van der Waals surface area contributed by atoms with E-state index in [1.165, 1.54) is 35.4 Å². The van der Waals surface area contributed by atoms with Crippen molar-refractivity contribution >= 4 is 27.8 Å². The summed E-state index contributed by atoms with van der Waals surface area (Å²) in [7, 11) is -4.14. The SMILES string of the molecule is CC(C)(C)OC(=O)NCC(=CF)COc1ccc(S(=O)(=O)NC(=O)Nc2c3c(cc4c2CCC4)CCC3)cc1. The Bertz CT molecular complexity index is 1350. The molecule has 2 aliphatic carbocycles. The van der Waals surface area contributed by atoms with E-state index >= 15 is 0 Å². The summed E-state index contributed by atoms with van der Waals surface area (Å²) in [6.45, 7) is 4.85. The molecule has 2 aromatic rings. The van der Waals surface area contributed by atoms with Crippen LogP contribution in [0.1, 0.15) is 55.9 Å². The van der Waals surface area contributed by atoms with Gasteiger partial charge < -0.3 is 20.1 Å². The Morgan fingerprint density at radius 3 is 2.18 bits per heavy atom. The summed E-state index contributed by atoms with van der Waals surface area (Å²) in [5.41, 5.74) is 4.90. The van der Waals surface area contributed by atoms with Crippen molar-refractivity contribution in [1.82, 2.24) is 10.0 Å². The van der Waals surface area contributed by atoms with Gasteiger partial charge >= 0.3 is 12.1 Å². The molecule has 0 aliphatic heterocycles. The van der Waals surface area contributed by atoms with Crippen LogP contribution in [0.25, 0.3) is 0 Å². The maximum Gasteiger partial charge on any atom is 0.407 e. The predicted molar refractivity (Wildman–Crippen MR) is 145 cm³/mol. The smallest absolute Gasteiger partial charge is 0.407 e. The molecular weight excluding hydrogens is 525 g/mol. The van der Waals surface area contributed by atoms with E-state index in [1.54, 1.807) is 20.8 Å². The van der Waals surface area contributed by atoms with Gasteiger partial charge in [0, 0.05) is 17.8 Å². The highest BCUT2D eigenvalue weighted by molar-refractivity contribution is 7.90. The number of urea groups is 1. The third-order valence-electron chi connectivity index (χ3n) is 6.51. The Labute approximate surface area is 228 Å². The molecule has 3 amide bonds. The molecule has 39 heavy (non-hydrogen) atoms. The number of hydrogen-bond acceptors (Lipinski definition) is 6. The van der Waals surface area contributed by atoms with Gasteiger partial charge in [-0.25, -0.2) is 27.1 Å². The number of carbonyl (C=O) groups is 2. The van der Waals surface area contributed by atoms with E-state index in [0.29, 0.717) is 6.33 Å². The minimum atomic E-state index is -4.14. The van der Waals surface area contributed by atoms with E-state index in [2.05, 4.69) is 21.4 Å². The van der Waals surface area contributed by atoms with Crippen molar-refractivity contribution in [3.8, 4) is 5.75 Å². The predicted octanol–water partition coefficient (Wildman–Crippen LogP) is 4.93. The molecule has 0 unspecified atom stereocenters. The van der Waals surface area contributed by atoms with Gasteiger partial charge in [0.25, 0.3) is 10.0 Å². The highest BCUT2D eigenvalue weighted by Crippen LogP contribution is 2.38. The number of carbonyl (C=O) groups excluding carboxylic acids is 2. The van der Waals surface area contributed by atoms with E-state index in [9.17, 15) is 22.4 Å². The minimum absolute atomic E-state index is 0.120. The summed E-state index contributed by atoms with van der Waals surface area (Å²) in [5.74, 6) is 0.283. The molecule has 3 N–H and O–H groups in total. The third-order valence-corrected chi connectivity index (χ3v) is 7.86. The molecule has 0 aromatic heterocycles. The molecule has 4 rings (SSSR count). The number of hydrogen-bond donors (Lipinski definition) is 3. The van der Waals surface area contributed by atoms with Crippen LogP contribution in [-0.2, 0) is 40.4 Å². The van der Waals surface area contributed by atoms with Gasteiger partial charge in [-0.3, -0.25) is 0 Å². The maximum atomic E-state index is 13.2. The number of sulfonamides is 1. The van der Waals surface area contributed by atoms with Gasteiger partial charge in [0.05, 0.1) is 11.2 Å². The summed E-state index contributed by atoms with van der Waals surface area (Å²) >= 11 is 0. The van der Waals surface area contributed by atoms with Gasteiger partial charge in [0.1, 0.15) is 18.0 Å². The molecule has 0 saturated heterocycles. The number of halogens is 1. The fourth-order valence-electron chi connectivity index (χ4n) is 4.80. The highest BCUT2D eigenvalue weighted by Gasteiger charge is 2.26. The number of alkyl carbamates (subject to hydrolysis) is 1. The Morgan fingerprint density at radius 1 is 1.00 bits per heavy atom.